The summed E-state index contributed by atoms with van der Waals surface area (Å²) in [6, 6.07) is 9.46. The third kappa shape index (κ3) is 2.91. The lowest BCUT2D eigenvalue weighted by molar-refractivity contribution is 0.611. The molecule has 0 unspecified atom stereocenters. The highest BCUT2D eigenvalue weighted by atomic mass is 19.1. The number of hydrogen-bond donors (Lipinski definition) is 1. The first-order valence-corrected chi connectivity index (χ1v) is 7.07. The van der Waals surface area contributed by atoms with E-state index in [0.717, 1.165) is 16.6 Å². The molecule has 0 aliphatic carbocycles. The van der Waals surface area contributed by atoms with E-state index >= 15 is 0 Å². The van der Waals surface area contributed by atoms with E-state index in [1.807, 2.05) is 18.2 Å². The Kier molecular flexibility index (Phi) is 4.00. The van der Waals surface area contributed by atoms with Gasteiger partial charge in [-0.25, -0.2) is 8.78 Å². The van der Waals surface area contributed by atoms with Crippen LogP contribution in [0, 0.1) is 18.6 Å². The van der Waals surface area contributed by atoms with Gasteiger partial charge in [0.2, 0.25) is 0 Å². The molecular formula is C18H15F2N2. The Labute approximate surface area is 127 Å². The van der Waals surface area contributed by atoms with Gasteiger partial charge in [0.1, 0.15) is 11.6 Å². The van der Waals surface area contributed by atoms with Crippen molar-refractivity contribution in [2.24, 2.45) is 0 Å². The minimum absolute atomic E-state index is 0.242. The van der Waals surface area contributed by atoms with Crippen molar-refractivity contribution in [1.29, 1.82) is 0 Å². The Morgan fingerprint density at radius 3 is 2.59 bits per heavy atom. The van der Waals surface area contributed by atoms with Crippen LogP contribution in [0.5, 0.6) is 0 Å². The second-order valence-electron chi connectivity index (χ2n) is 5.09. The summed E-state index contributed by atoms with van der Waals surface area (Å²) < 4.78 is 26.8. The molecule has 0 bridgehead atoms. The number of benzene rings is 2. The van der Waals surface area contributed by atoms with Gasteiger partial charge in [-0.05, 0) is 54.3 Å². The van der Waals surface area contributed by atoms with E-state index in [2.05, 4.69) is 17.1 Å². The van der Waals surface area contributed by atoms with Crippen molar-refractivity contribution in [2.45, 2.75) is 12.8 Å². The highest BCUT2D eigenvalue weighted by molar-refractivity contribution is 5.89. The number of rotatable bonds is 4. The number of nitrogens with zero attached hydrogens (tertiary/aromatic N) is 1. The second kappa shape index (κ2) is 6.10. The van der Waals surface area contributed by atoms with Gasteiger partial charge < -0.3 is 0 Å². The van der Waals surface area contributed by atoms with Crippen LogP contribution in [0.25, 0.3) is 23.1 Å². The molecule has 1 radical (unpaired) electrons. The summed E-state index contributed by atoms with van der Waals surface area (Å²) >= 11 is 0. The van der Waals surface area contributed by atoms with Crippen molar-refractivity contribution < 1.29 is 8.78 Å². The summed E-state index contributed by atoms with van der Waals surface area (Å²) in [5.41, 5.74) is 2.90. The van der Waals surface area contributed by atoms with E-state index in [0.29, 0.717) is 23.9 Å². The van der Waals surface area contributed by atoms with E-state index in [4.69, 9.17) is 0 Å². The van der Waals surface area contributed by atoms with Gasteiger partial charge >= 0.3 is 0 Å². The fourth-order valence-electron chi connectivity index (χ4n) is 2.36. The number of hydrogen-bond acceptors (Lipinski definition) is 1. The quantitative estimate of drug-likeness (QED) is 0.737. The van der Waals surface area contributed by atoms with Crippen molar-refractivity contribution in [3.05, 3.63) is 71.8 Å². The van der Waals surface area contributed by atoms with Crippen LogP contribution in [-0.4, -0.2) is 10.2 Å². The van der Waals surface area contributed by atoms with Gasteiger partial charge in [-0.3, -0.25) is 5.10 Å². The van der Waals surface area contributed by atoms with Crippen LogP contribution in [0.3, 0.4) is 0 Å². The minimum atomic E-state index is -0.268. The van der Waals surface area contributed by atoms with E-state index in [1.54, 1.807) is 12.1 Å². The van der Waals surface area contributed by atoms with Crippen LogP contribution >= 0.6 is 0 Å². The van der Waals surface area contributed by atoms with Gasteiger partial charge in [-0.15, -0.1) is 0 Å². The molecule has 0 atom stereocenters. The van der Waals surface area contributed by atoms with Crippen molar-refractivity contribution >= 4 is 23.1 Å². The summed E-state index contributed by atoms with van der Waals surface area (Å²) in [6.45, 7) is 3.76. The van der Waals surface area contributed by atoms with Crippen molar-refractivity contribution in [2.75, 3.05) is 0 Å². The molecule has 2 nitrogen and oxygen atoms in total. The smallest absolute Gasteiger partial charge is 0.128 e. The molecule has 1 aromatic heterocycles. The zero-order chi connectivity index (χ0) is 15.5. The first-order chi connectivity index (χ1) is 10.7. The molecule has 0 amide bonds. The Bertz CT molecular complexity index is 817. The van der Waals surface area contributed by atoms with E-state index in [1.165, 1.54) is 18.2 Å². The summed E-state index contributed by atoms with van der Waals surface area (Å²) in [6.07, 6.45) is 4.91. The normalized spacial score (nSPS) is 11.6. The summed E-state index contributed by atoms with van der Waals surface area (Å²) in [5, 5.41) is 7.89. The standard InChI is InChI=1S/C18H15F2N2/c1-2-3-13-10-15-17(21-22-18(15)11-16(13)20)9-6-12-4-7-14(19)8-5-12/h4-11H,1-3H2,(H,21,22)/b9-6+. The number of aryl methyl sites for hydroxylation is 1. The van der Waals surface area contributed by atoms with Crippen LogP contribution in [-0.2, 0) is 6.42 Å². The van der Waals surface area contributed by atoms with Crippen LogP contribution in [0.4, 0.5) is 8.78 Å². The summed E-state index contributed by atoms with van der Waals surface area (Å²) in [7, 11) is 0. The zero-order valence-electron chi connectivity index (χ0n) is 11.9. The average molecular weight is 297 g/mol. The molecular weight excluding hydrogens is 282 g/mol. The predicted molar refractivity (Wildman–Crippen MR) is 85.1 cm³/mol. The third-order valence-electron chi connectivity index (χ3n) is 3.51. The van der Waals surface area contributed by atoms with Crippen LogP contribution in [0.15, 0.2) is 36.4 Å². The van der Waals surface area contributed by atoms with Crippen LogP contribution < -0.4 is 0 Å². The SMILES string of the molecule is [CH2]CCc1cc2c(/C=C/c3ccc(F)cc3)n[nH]c2cc1F. The lowest BCUT2D eigenvalue weighted by atomic mass is 10.1. The van der Waals surface area contributed by atoms with E-state index in [9.17, 15) is 8.78 Å². The topological polar surface area (TPSA) is 28.7 Å². The minimum Gasteiger partial charge on any atom is -0.277 e. The third-order valence-corrected chi connectivity index (χ3v) is 3.51. The maximum Gasteiger partial charge on any atom is 0.128 e. The number of fused-ring (bicyclic) bond motifs is 1. The van der Waals surface area contributed by atoms with Gasteiger partial charge in [-0.2, -0.15) is 5.10 Å². The average Bonchev–Trinajstić information content (AvgIpc) is 2.89. The maximum absolute atomic E-state index is 13.9. The Hall–Kier alpha value is -2.49. The molecule has 2 aromatic carbocycles. The van der Waals surface area contributed by atoms with Gasteiger partial charge in [0, 0.05) is 5.39 Å². The molecule has 0 fully saturated rings. The molecule has 3 rings (SSSR count). The van der Waals surface area contributed by atoms with E-state index in [-0.39, 0.29) is 11.6 Å². The summed E-state index contributed by atoms with van der Waals surface area (Å²) in [5.74, 6) is -0.510. The molecule has 0 spiro atoms. The van der Waals surface area contributed by atoms with Gasteiger partial charge in [0.05, 0.1) is 11.2 Å². The molecule has 1 heterocycles. The fourth-order valence-corrected chi connectivity index (χ4v) is 2.36. The van der Waals surface area contributed by atoms with Crippen molar-refractivity contribution in [3.63, 3.8) is 0 Å². The van der Waals surface area contributed by atoms with Crippen molar-refractivity contribution in [3.8, 4) is 0 Å². The molecule has 22 heavy (non-hydrogen) atoms. The lowest BCUT2D eigenvalue weighted by Gasteiger charge is -2.01. The molecule has 0 aliphatic rings. The Morgan fingerprint density at radius 1 is 1.09 bits per heavy atom. The molecule has 4 heteroatoms. The molecule has 1 N–H and O–H groups in total. The van der Waals surface area contributed by atoms with Gasteiger partial charge in [0.15, 0.2) is 0 Å². The molecule has 0 saturated carbocycles. The first-order valence-electron chi connectivity index (χ1n) is 7.07. The molecule has 0 aliphatic heterocycles. The number of H-pyrrole nitrogens is 1. The number of nitrogens with one attached hydrogen (secondary N) is 1. The Balaban J connectivity index is 1.96. The van der Waals surface area contributed by atoms with Gasteiger partial charge in [0.25, 0.3) is 0 Å². The van der Waals surface area contributed by atoms with Crippen molar-refractivity contribution in [1.82, 2.24) is 10.2 Å². The fraction of sp³-hybridized carbons (Fsp3) is 0.111. The number of aromatic amines is 1. The highest BCUT2D eigenvalue weighted by Gasteiger charge is 2.09. The monoisotopic (exact) mass is 297 g/mol. The maximum atomic E-state index is 13.9. The molecule has 111 valence electrons. The molecule has 3 aromatic rings. The van der Waals surface area contributed by atoms with E-state index < -0.39 is 0 Å². The lowest BCUT2D eigenvalue weighted by Crippen LogP contribution is -1.89. The molecule has 0 saturated heterocycles. The highest BCUT2D eigenvalue weighted by Crippen LogP contribution is 2.23. The first kappa shape index (κ1) is 14.4. The number of aromatic nitrogens is 2. The second-order valence-corrected chi connectivity index (χ2v) is 5.09. The largest absolute Gasteiger partial charge is 0.277 e. The predicted octanol–water partition coefficient (Wildman–Crippen LogP) is 4.78. The zero-order valence-corrected chi connectivity index (χ0v) is 11.9. The number of halogens is 2. The summed E-state index contributed by atoms with van der Waals surface area (Å²) in [4.78, 5) is 0. The van der Waals surface area contributed by atoms with Crippen LogP contribution in [0.1, 0.15) is 23.2 Å². The van der Waals surface area contributed by atoms with Crippen LogP contribution in [0.2, 0.25) is 0 Å². The Morgan fingerprint density at radius 2 is 1.86 bits per heavy atom. The van der Waals surface area contributed by atoms with Gasteiger partial charge in [-0.1, -0.05) is 25.1 Å².